The Bertz CT molecular complexity index is 1270. The van der Waals surface area contributed by atoms with Crippen LogP contribution in [0.15, 0.2) is 51.9 Å². The Balaban J connectivity index is 1.49. The average Bonchev–Trinajstić information content (AvgIpc) is 3.24. The van der Waals surface area contributed by atoms with E-state index in [1.807, 2.05) is 31.2 Å². The number of piperidine rings is 1. The van der Waals surface area contributed by atoms with Crippen molar-refractivity contribution in [3.63, 3.8) is 0 Å². The largest absolute Gasteiger partial charge is 0.352 e. The summed E-state index contributed by atoms with van der Waals surface area (Å²) < 4.78 is 33.5. The van der Waals surface area contributed by atoms with Gasteiger partial charge < -0.3 is 9.84 Å². The van der Waals surface area contributed by atoms with Crippen LogP contribution in [0.1, 0.15) is 35.4 Å². The first-order chi connectivity index (χ1) is 15.7. The van der Waals surface area contributed by atoms with Crippen LogP contribution < -0.4 is 5.32 Å². The number of hydrogen-bond donors (Lipinski definition) is 1. The Morgan fingerprint density at radius 3 is 2.73 bits per heavy atom. The number of amides is 1. The molecule has 33 heavy (non-hydrogen) atoms. The van der Waals surface area contributed by atoms with Gasteiger partial charge in [-0.15, -0.1) is 0 Å². The lowest BCUT2D eigenvalue weighted by Gasteiger charge is -2.31. The van der Waals surface area contributed by atoms with Crippen LogP contribution in [0.25, 0.3) is 11.4 Å². The molecule has 1 aliphatic heterocycles. The monoisotopic (exact) mass is 468 g/mol. The maximum atomic E-state index is 13.5. The molecule has 2 aromatic carbocycles. The summed E-state index contributed by atoms with van der Waals surface area (Å²) in [6, 6.07) is 13.0. The molecule has 0 aliphatic carbocycles. The van der Waals surface area contributed by atoms with Crippen LogP contribution in [0, 0.1) is 26.7 Å². The first-order valence-electron chi connectivity index (χ1n) is 11.0. The number of nitrogens with one attached hydrogen (secondary N) is 1. The van der Waals surface area contributed by atoms with Gasteiger partial charge in [0.25, 0.3) is 0 Å². The van der Waals surface area contributed by atoms with Gasteiger partial charge in [-0.25, -0.2) is 8.42 Å². The number of nitrogens with zero attached hydrogens (tertiary/aromatic N) is 3. The molecular formula is C24H28N4O4S. The topological polar surface area (TPSA) is 105 Å². The number of hydrogen-bond acceptors (Lipinski definition) is 6. The van der Waals surface area contributed by atoms with E-state index in [4.69, 9.17) is 4.52 Å². The van der Waals surface area contributed by atoms with Crippen molar-refractivity contribution in [2.45, 2.75) is 45.1 Å². The van der Waals surface area contributed by atoms with Gasteiger partial charge in [0.05, 0.1) is 10.8 Å². The molecule has 4 rings (SSSR count). The summed E-state index contributed by atoms with van der Waals surface area (Å²) in [5, 5.41) is 6.85. The molecule has 0 unspecified atom stereocenters. The smallest absolute Gasteiger partial charge is 0.243 e. The van der Waals surface area contributed by atoms with Crippen LogP contribution in [0.2, 0.25) is 0 Å². The lowest BCUT2D eigenvalue weighted by molar-refractivity contribution is -0.126. The van der Waals surface area contributed by atoms with E-state index in [1.54, 1.807) is 32.0 Å². The van der Waals surface area contributed by atoms with Crippen LogP contribution in [0.5, 0.6) is 0 Å². The zero-order chi connectivity index (χ0) is 23.6. The zero-order valence-corrected chi connectivity index (χ0v) is 19.9. The predicted octanol–water partition coefficient (Wildman–Crippen LogP) is 3.38. The fraction of sp³-hybridized carbons (Fsp3) is 0.375. The third-order valence-corrected chi connectivity index (χ3v) is 7.90. The van der Waals surface area contributed by atoms with Gasteiger partial charge in [-0.3, -0.25) is 4.79 Å². The van der Waals surface area contributed by atoms with E-state index < -0.39 is 10.0 Å². The van der Waals surface area contributed by atoms with Gasteiger partial charge in [0.2, 0.25) is 27.6 Å². The lowest BCUT2D eigenvalue weighted by atomic mass is 9.98. The molecule has 1 amide bonds. The number of aromatic nitrogens is 2. The summed E-state index contributed by atoms with van der Waals surface area (Å²) in [5.74, 6) is 0.243. The first kappa shape index (κ1) is 23.1. The fourth-order valence-corrected chi connectivity index (χ4v) is 5.88. The minimum absolute atomic E-state index is 0.121. The second kappa shape index (κ2) is 9.44. The molecule has 8 nitrogen and oxygen atoms in total. The molecule has 1 aliphatic rings. The van der Waals surface area contributed by atoms with Gasteiger partial charge in [0, 0.05) is 32.1 Å². The third-order valence-electron chi connectivity index (χ3n) is 5.90. The summed E-state index contributed by atoms with van der Waals surface area (Å²) in [7, 11) is -3.79. The van der Waals surface area contributed by atoms with Gasteiger partial charge in [0.1, 0.15) is 0 Å². The molecule has 0 bridgehead atoms. The molecule has 1 saturated heterocycles. The second-order valence-electron chi connectivity index (χ2n) is 8.53. The van der Waals surface area contributed by atoms with E-state index >= 15 is 0 Å². The predicted molar refractivity (Wildman–Crippen MR) is 124 cm³/mol. The minimum Gasteiger partial charge on any atom is -0.352 e. The first-order valence-corrected chi connectivity index (χ1v) is 12.4. The maximum absolute atomic E-state index is 13.5. The molecule has 1 atom stereocenters. The fourth-order valence-electron chi connectivity index (χ4n) is 4.10. The van der Waals surface area contributed by atoms with Crippen molar-refractivity contribution in [2.75, 3.05) is 13.1 Å². The summed E-state index contributed by atoms with van der Waals surface area (Å²) in [6.07, 6.45) is 1.29. The number of sulfonamides is 1. The molecule has 0 radical (unpaired) electrons. The summed E-state index contributed by atoms with van der Waals surface area (Å²) in [4.78, 5) is 17.2. The molecule has 1 N–H and O–H groups in total. The van der Waals surface area contributed by atoms with Crippen molar-refractivity contribution in [1.82, 2.24) is 19.8 Å². The van der Waals surface area contributed by atoms with Gasteiger partial charge in [-0.05, 0) is 43.9 Å². The summed E-state index contributed by atoms with van der Waals surface area (Å²) >= 11 is 0. The zero-order valence-electron chi connectivity index (χ0n) is 19.0. The molecule has 3 aromatic rings. The molecule has 2 heterocycles. The van der Waals surface area contributed by atoms with E-state index in [2.05, 4.69) is 15.5 Å². The molecule has 0 spiro atoms. The maximum Gasteiger partial charge on any atom is 0.243 e. The Kier molecular flexibility index (Phi) is 6.62. The van der Waals surface area contributed by atoms with Gasteiger partial charge >= 0.3 is 0 Å². The number of aryl methyl sites for hydroxylation is 3. The third kappa shape index (κ3) is 5.15. The van der Waals surface area contributed by atoms with Gasteiger partial charge in [-0.2, -0.15) is 9.29 Å². The van der Waals surface area contributed by atoms with E-state index in [1.165, 1.54) is 4.31 Å². The van der Waals surface area contributed by atoms with Crippen LogP contribution in [-0.2, 0) is 21.4 Å². The van der Waals surface area contributed by atoms with Gasteiger partial charge in [-0.1, -0.05) is 47.1 Å². The minimum atomic E-state index is -3.79. The summed E-state index contributed by atoms with van der Waals surface area (Å²) in [6.45, 7) is 6.41. The highest BCUT2D eigenvalue weighted by Crippen LogP contribution is 2.29. The molecule has 9 heteroatoms. The van der Waals surface area contributed by atoms with Crippen LogP contribution in [0.4, 0.5) is 0 Å². The standard InChI is InChI=1S/C24H28N4O4S/c1-16-6-4-7-19(12-16)14-25-24(29)21-8-5-11-28(15-21)33(30,31)22-13-20(10-9-17(22)2)23-26-18(3)32-27-23/h4,6-7,9-10,12-13,21H,5,8,11,14-15H2,1-3H3,(H,25,29)/t21-/m1/s1. The molecule has 0 saturated carbocycles. The molecule has 174 valence electrons. The Labute approximate surface area is 194 Å². The van der Waals surface area contributed by atoms with Crippen molar-refractivity contribution in [2.24, 2.45) is 5.92 Å². The van der Waals surface area contributed by atoms with Crippen LogP contribution in [-0.4, -0.2) is 41.9 Å². The van der Waals surface area contributed by atoms with Crippen molar-refractivity contribution in [3.05, 3.63) is 65.0 Å². The lowest BCUT2D eigenvalue weighted by Crippen LogP contribution is -2.45. The molecular weight excluding hydrogens is 440 g/mol. The van der Waals surface area contributed by atoms with Crippen molar-refractivity contribution >= 4 is 15.9 Å². The van der Waals surface area contributed by atoms with E-state index in [0.29, 0.717) is 48.8 Å². The van der Waals surface area contributed by atoms with E-state index in [0.717, 1.165) is 11.1 Å². The van der Waals surface area contributed by atoms with Crippen molar-refractivity contribution in [1.29, 1.82) is 0 Å². The van der Waals surface area contributed by atoms with E-state index in [9.17, 15) is 13.2 Å². The van der Waals surface area contributed by atoms with Crippen LogP contribution in [0.3, 0.4) is 0 Å². The average molecular weight is 469 g/mol. The number of carbonyl (C=O) groups is 1. The van der Waals surface area contributed by atoms with Crippen LogP contribution >= 0.6 is 0 Å². The molecule has 1 aromatic heterocycles. The SMILES string of the molecule is Cc1cccc(CNC(=O)[C@@H]2CCCN(S(=O)(=O)c3cc(-c4noc(C)n4)ccc3C)C2)c1. The highest BCUT2D eigenvalue weighted by Gasteiger charge is 2.34. The summed E-state index contributed by atoms with van der Waals surface area (Å²) in [5.41, 5.74) is 3.35. The highest BCUT2D eigenvalue weighted by atomic mass is 32.2. The highest BCUT2D eigenvalue weighted by molar-refractivity contribution is 7.89. The van der Waals surface area contributed by atoms with Gasteiger partial charge in [0.15, 0.2) is 0 Å². The normalized spacial score (nSPS) is 17.1. The van der Waals surface area contributed by atoms with E-state index in [-0.39, 0.29) is 23.3 Å². The number of benzene rings is 2. The van der Waals surface area contributed by atoms with Crippen molar-refractivity contribution < 1.29 is 17.7 Å². The Hall–Kier alpha value is -3.04. The molecule has 1 fully saturated rings. The Morgan fingerprint density at radius 1 is 1.18 bits per heavy atom. The Morgan fingerprint density at radius 2 is 2.00 bits per heavy atom. The quantitative estimate of drug-likeness (QED) is 0.595. The number of carbonyl (C=O) groups excluding carboxylic acids is 1. The second-order valence-corrected chi connectivity index (χ2v) is 10.4. The van der Waals surface area contributed by atoms with Crippen molar-refractivity contribution in [3.8, 4) is 11.4 Å². The number of rotatable bonds is 6.